The third-order valence-electron chi connectivity index (χ3n) is 6.11. The number of nitrogens with one attached hydrogen (secondary N) is 1. The molecule has 1 atom stereocenters. The molecule has 2 aromatic carbocycles. The van der Waals surface area contributed by atoms with E-state index < -0.39 is 6.29 Å². The number of hydrogen-bond acceptors (Lipinski definition) is 5. The van der Waals surface area contributed by atoms with E-state index in [-0.39, 0.29) is 0 Å². The number of anilines is 2. The number of aliphatic hydroxyl groups excluding tert-OH is 1. The summed E-state index contributed by atoms with van der Waals surface area (Å²) in [5, 5.41) is 14.9. The fourth-order valence-electron chi connectivity index (χ4n) is 4.19. The van der Waals surface area contributed by atoms with Crippen LogP contribution in [0.15, 0.2) is 60.9 Å². The summed E-state index contributed by atoms with van der Waals surface area (Å²) in [5.41, 5.74) is 6.04. The molecule has 2 heterocycles. The standard InChI is InChI=1S/C26H27N3O3/c1-29-15-23(17-5-4-6-20(11-17)31-2)21-13-19(9-10-24(21)29)28-25-22(26(30)32-3)12-18(14-27-25)16-7-8-16/h4-6,9-16,26,30H,7-8H2,1-3H3,(H,27,28). The molecule has 32 heavy (non-hydrogen) atoms. The molecule has 0 saturated heterocycles. The van der Waals surface area contributed by atoms with Crippen LogP contribution in [-0.4, -0.2) is 28.9 Å². The molecule has 4 aromatic rings. The quantitative estimate of drug-likeness (QED) is 0.379. The van der Waals surface area contributed by atoms with Gasteiger partial charge in [-0.1, -0.05) is 12.1 Å². The van der Waals surface area contributed by atoms with Gasteiger partial charge >= 0.3 is 0 Å². The highest BCUT2D eigenvalue weighted by molar-refractivity contribution is 5.98. The third-order valence-corrected chi connectivity index (χ3v) is 6.11. The van der Waals surface area contributed by atoms with E-state index in [0.29, 0.717) is 17.3 Å². The molecule has 0 spiro atoms. The summed E-state index contributed by atoms with van der Waals surface area (Å²) < 4.78 is 12.7. The highest BCUT2D eigenvalue weighted by atomic mass is 16.6. The van der Waals surface area contributed by atoms with Crippen LogP contribution in [0.25, 0.3) is 22.0 Å². The third kappa shape index (κ3) is 3.83. The summed E-state index contributed by atoms with van der Waals surface area (Å²) in [4.78, 5) is 4.62. The molecule has 0 amide bonds. The first-order valence-corrected chi connectivity index (χ1v) is 10.8. The Balaban J connectivity index is 1.54. The Hall–Kier alpha value is -3.35. The normalized spacial score (nSPS) is 14.5. The number of aromatic nitrogens is 2. The Labute approximate surface area is 187 Å². The topological polar surface area (TPSA) is 68.5 Å². The van der Waals surface area contributed by atoms with Crippen molar-refractivity contribution in [2.75, 3.05) is 19.5 Å². The van der Waals surface area contributed by atoms with Crippen molar-refractivity contribution in [1.29, 1.82) is 0 Å². The predicted molar refractivity (Wildman–Crippen MR) is 126 cm³/mol. The Bertz CT molecular complexity index is 1280. The number of benzene rings is 2. The maximum Gasteiger partial charge on any atom is 0.184 e. The Kier molecular flexibility index (Phi) is 5.33. The van der Waals surface area contributed by atoms with E-state index in [0.717, 1.165) is 39.0 Å². The fraction of sp³-hybridized carbons (Fsp3) is 0.269. The largest absolute Gasteiger partial charge is 0.497 e. The minimum absolute atomic E-state index is 0.547. The van der Waals surface area contributed by atoms with Crippen LogP contribution >= 0.6 is 0 Å². The lowest BCUT2D eigenvalue weighted by Gasteiger charge is -2.16. The van der Waals surface area contributed by atoms with E-state index in [9.17, 15) is 5.11 Å². The lowest BCUT2D eigenvalue weighted by molar-refractivity contribution is -0.0766. The number of nitrogens with zero attached hydrogens (tertiary/aromatic N) is 2. The van der Waals surface area contributed by atoms with E-state index in [1.165, 1.54) is 20.0 Å². The average Bonchev–Trinajstić information content (AvgIpc) is 3.62. The first-order valence-electron chi connectivity index (χ1n) is 10.8. The Morgan fingerprint density at radius 2 is 1.97 bits per heavy atom. The number of methoxy groups -OCH3 is 2. The molecule has 0 radical (unpaired) electrons. The van der Waals surface area contributed by atoms with Crippen molar-refractivity contribution in [3.63, 3.8) is 0 Å². The van der Waals surface area contributed by atoms with E-state index >= 15 is 0 Å². The molecule has 164 valence electrons. The summed E-state index contributed by atoms with van der Waals surface area (Å²) in [6, 6.07) is 16.3. The molecule has 6 nitrogen and oxygen atoms in total. The number of aliphatic hydroxyl groups is 1. The minimum atomic E-state index is -1.03. The van der Waals surface area contributed by atoms with Crippen molar-refractivity contribution >= 4 is 22.4 Å². The molecular formula is C26H27N3O3. The van der Waals surface area contributed by atoms with Crippen LogP contribution in [0.3, 0.4) is 0 Å². The smallest absolute Gasteiger partial charge is 0.184 e. The van der Waals surface area contributed by atoms with Gasteiger partial charge in [-0.2, -0.15) is 0 Å². The van der Waals surface area contributed by atoms with Gasteiger partial charge in [-0.3, -0.25) is 0 Å². The summed E-state index contributed by atoms with van der Waals surface area (Å²) in [6.07, 6.45) is 5.35. The van der Waals surface area contributed by atoms with E-state index in [2.05, 4.69) is 39.3 Å². The SMILES string of the molecule is COc1cccc(-c2cn(C)c3ccc(Nc4ncc(C5CC5)cc4C(O)OC)cc23)c1. The lowest BCUT2D eigenvalue weighted by Crippen LogP contribution is -2.07. The second kappa shape index (κ2) is 8.30. The molecule has 1 aliphatic rings. The molecule has 0 aliphatic heterocycles. The van der Waals surface area contributed by atoms with Gasteiger partial charge in [-0.05, 0) is 66.3 Å². The number of aryl methyl sites for hydroxylation is 1. The van der Waals surface area contributed by atoms with Crippen molar-refractivity contribution < 1.29 is 14.6 Å². The molecular weight excluding hydrogens is 402 g/mol. The maximum absolute atomic E-state index is 10.4. The van der Waals surface area contributed by atoms with Crippen LogP contribution in [-0.2, 0) is 11.8 Å². The molecule has 0 bridgehead atoms. The van der Waals surface area contributed by atoms with Gasteiger partial charge in [0.15, 0.2) is 6.29 Å². The zero-order chi connectivity index (χ0) is 22.2. The van der Waals surface area contributed by atoms with Crippen molar-refractivity contribution in [2.24, 2.45) is 7.05 Å². The number of pyridine rings is 1. The molecule has 1 fully saturated rings. The number of hydrogen-bond donors (Lipinski definition) is 2. The summed E-state index contributed by atoms with van der Waals surface area (Å²) >= 11 is 0. The highest BCUT2D eigenvalue weighted by Gasteiger charge is 2.26. The van der Waals surface area contributed by atoms with Crippen LogP contribution in [0.2, 0.25) is 0 Å². The van der Waals surface area contributed by atoms with Crippen molar-refractivity contribution in [1.82, 2.24) is 9.55 Å². The van der Waals surface area contributed by atoms with Gasteiger partial charge in [0.25, 0.3) is 0 Å². The van der Waals surface area contributed by atoms with E-state index in [4.69, 9.17) is 9.47 Å². The zero-order valence-corrected chi connectivity index (χ0v) is 18.5. The van der Waals surface area contributed by atoms with Gasteiger partial charge in [0.1, 0.15) is 11.6 Å². The van der Waals surface area contributed by atoms with Gasteiger partial charge in [-0.15, -0.1) is 0 Å². The van der Waals surface area contributed by atoms with Crippen molar-refractivity contribution in [3.8, 4) is 16.9 Å². The van der Waals surface area contributed by atoms with E-state index in [1.807, 2.05) is 43.6 Å². The summed E-state index contributed by atoms with van der Waals surface area (Å²) in [6.45, 7) is 0. The van der Waals surface area contributed by atoms with Gasteiger partial charge in [0.05, 0.1) is 12.7 Å². The van der Waals surface area contributed by atoms with Crippen LogP contribution in [0.5, 0.6) is 5.75 Å². The molecule has 5 rings (SSSR count). The fourth-order valence-corrected chi connectivity index (χ4v) is 4.19. The Morgan fingerprint density at radius 3 is 2.72 bits per heavy atom. The molecule has 1 unspecified atom stereocenters. The lowest BCUT2D eigenvalue weighted by atomic mass is 10.0. The maximum atomic E-state index is 10.4. The monoisotopic (exact) mass is 429 g/mol. The van der Waals surface area contributed by atoms with Crippen LogP contribution in [0.1, 0.15) is 36.2 Å². The second-order valence-corrected chi connectivity index (χ2v) is 8.31. The number of fused-ring (bicyclic) bond motifs is 1. The molecule has 1 aliphatic carbocycles. The van der Waals surface area contributed by atoms with Gasteiger partial charge in [0.2, 0.25) is 0 Å². The molecule has 1 saturated carbocycles. The number of rotatable bonds is 7. The minimum Gasteiger partial charge on any atom is -0.497 e. The van der Waals surface area contributed by atoms with Crippen LogP contribution < -0.4 is 10.1 Å². The van der Waals surface area contributed by atoms with Crippen molar-refractivity contribution in [2.45, 2.75) is 25.0 Å². The predicted octanol–water partition coefficient (Wildman–Crippen LogP) is 5.51. The van der Waals surface area contributed by atoms with Crippen LogP contribution in [0, 0.1) is 0 Å². The van der Waals surface area contributed by atoms with Crippen LogP contribution in [0.4, 0.5) is 11.5 Å². The van der Waals surface area contributed by atoms with Gasteiger partial charge in [0, 0.05) is 48.7 Å². The zero-order valence-electron chi connectivity index (χ0n) is 18.5. The van der Waals surface area contributed by atoms with Gasteiger partial charge in [-0.25, -0.2) is 4.98 Å². The summed E-state index contributed by atoms with van der Waals surface area (Å²) in [7, 11) is 5.22. The Morgan fingerprint density at radius 1 is 1.12 bits per heavy atom. The molecule has 6 heteroatoms. The highest BCUT2D eigenvalue weighted by Crippen LogP contribution is 2.41. The van der Waals surface area contributed by atoms with Gasteiger partial charge < -0.3 is 24.5 Å². The second-order valence-electron chi connectivity index (χ2n) is 8.31. The number of ether oxygens (including phenoxy) is 2. The molecule has 2 N–H and O–H groups in total. The first-order chi connectivity index (χ1) is 15.6. The molecule has 2 aromatic heterocycles. The average molecular weight is 430 g/mol. The van der Waals surface area contributed by atoms with Crippen molar-refractivity contribution in [3.05, 3.63) is 72.1 Å². The summed E-state index contributed by atoms with van der Waals surface area (Å²) in [5.74, 6) is 1.97. The van der Waals surface area contributed by atoms with E-state index in [1.54, 1.807) is 7.11 Å². The first kappa shape index (κ1) is 20.5.